The molecule has 290 valence electrons. The van der Waals surface area contributed by atoms with Crippen LogP contribution in [0.5, 0.6) is 0 Å². The van der Waals surface area contributed by atoms with E-state index in [2.05, 4.69) is 79.1 Å². The van der Waals surface area contributed by atoms with Gasteiger partial charge in [-0.1, -0.05) is 137 Å². The van der Waals surface area contributed by atoms with Crippen LogP contribution in [0.3, 0.4) is 0 Å². The van der Waals surface area contributed by atoms with E-state index in [0.717, 1.165) is 64.2 Å². The average Bonchev–Trinajstić information content (AvgIpc) is 3.09. The Labute approximate surface area is 308 Å². The highest BCUT2D eigenvalue weighted by Gasteiger charge is 2.23. The van der Waals surface area contributed by atoms with Crippen molar-refractivity contribution >= 4 is 19.8 Å². The van der Waals surface area contributed by atoms with Gasteiger partial charge in [0.1, 0.15) is 6.61 Å². The Morgan fingerprint density at radius 3 is 1.80 bits per heavy atom. The standard InChI is InChI=1S/C41H67O9P/c1-3-5-7-9-11-13-15-17-18-20-22-24-26-28-30-34-40(43)48-36-39(37-49-51(45,46)47)50-41(44)35-31-33-38(42)32-29-27-25-23-21-19-16-14-12-10-8-6-4-2/h6,8,12-15,17-19,21,25,27,29,32,38-39,42H,3-5,7,9-11,16,20,22-24,26,28,30-31,33-37H2,1-2H3,(H2,45,46,47)/b8-6-,14-12-,15-13-,18-17-,21-19-,27-25-,32-29+/t38?,39-/m1/s1. The van der Waals surface area contributed by atoms with E-state index in [0.29, 0.717) is 19.3 Å². The number of aliphatic hydroxyl groups is 1. The zero-order valence-corrected chi connectivity index (χ0v) is 32.2. The number of carbonyl (C=O) groups is 2. The first-order chi connectivity index (χ1) is 24.7. The maximum atomic E-state index is 12.4. The lowest BCUT2D eigenvalue weighted by atomic mass is 10.1. The summed E-state index contributed by atoms with van der Waals surface area (Å²) >= 11 is 0. The summed E-state index contributed by atoms with van der Waals surface area (Å²) in [5.74, 6) is -1.12. The molecule has 1 unspecified atom stereocenters. The van der Waals surface area contributed by atoms with E-state index >= 15 is 0 Å². The quantitative estimate of drug-likeness (QED) is 0.0198. The molecule has 0 saturated heterocycles. The molecule has 51 heavy (non-hydrogen) atoms. The Morgan fingerprint density at radius 1 is 0.627 bits per heavy atom. The Balaban J connectivity index is 4.23. The minimum Gasteiger partial charge on any atom is -0.462 e. The van der Waals surface area contributed by atoms with Crippen molar-refractivity contribution in [1.82, 2.24) is 0 Å². The van der Waals surface area contributed by atoms with Gasteiger partial charge in [0.15, 0.2) is 6.10 Å². The molecule has 0 bridgehead atoms. The van der Waals surface area contributed by atoms with Gasteiger partial charge in [-0.15, -0.1) is 0 Å². The third-order valence-corrected chi connectivity index (χ3v) is 8.02. The molecule has 3 N–H and O–H groups in total. The van der Waals surface area contributed by atoms with Gasteiger partial charge >= 0.3 is 19.8 Å². The first-order valence-corrected chi connectivity index (χ1v) is 20.5. The van der Waals surface area contributed by atoms with Crippen molar-refractivity contribution in [1.29, 1.82) is 0 Å². The van der Waals surface area contributed by atoms with Gasteiger partial charge in [-0.3, -0.25) is 14.1 Å². The molecule has 0 aromatic rings. The van der Waals surface area contributed by atoms with Crippen LogP contribution in [0.2, 0.25) is 0 Å². The zero-order valence-electron chi connectivity index (χ0n) is 31.3. The Bertz CT molecular complexity index is 1110. The molecule has 2 atom stereocenters. The molecule has 0 aromatic carbocycles. The van der Waals surface area contributed by atoms with E-state index in [1.54, 1.807) is 12.2 Å². The number of allylic oxidation sites excluding steroid dienone is 13. The van der Waals surface area contributed by atoms with Crippen molar-refractivity contribution in [2.24, 2.45) is 0 Å². The lowest BCUT2D eigenvalue weighted by Crippen LogP contribution is -2.29. The third-order valence-electron chi connectivity index (χ3n) is 7.53. The van der Waals surface area contributed by atoms with Gasteiger partial charge < -0.3 is 24.4 Å². The van der Waals surface area contributed by atoms with Gasteiger partial charge in [-0.25, -0.2) is 4.57 Å². The number of aliphatic hydroxyl groups excluding tert-OH is 1. The highest BCUT2D eigenvalue weighted by molar-refractivity contribution is 7.46. The SMILES string of the molecule is CC/C=C\C/C=C\C/C=C\C/C=C\C=C\C(O)CCCC(=O)O[C@H](COC(=O)CCCCCCC/C=C\C=C/CCCCCC)COP(=O)(O)O. The fourth-order valence-corrected chi connectivity index (χ4v) is 5.04. The van der Waals surface area contributed by atoms with Gasteiger partial charge in [0.25, 0.3) is 0 Å². The van der Waals surface area contributed by atoms with E-state index in [-0.39, 0.29) is 19.4 Å². The monoisotopic (exact) mass is 734 g/mol. The van der Waals surface area contributed by atoms with Crippen molar-refractivity contribution in [2.45, 2.75) is 148 Å². The molecule has 9 nitrogen and oxygen atoms in total. The Morgan fingerprint density at radius 2 is 1.18 bits per heavy atom. The normalized spacial score (nSPS) is 14.1. The summed E-state index contributed by atoms with van der Waals surface area (Å²) in [6.45, 7) is 3.35. The second-order valence-corrected chi connectivity index (χ2v) is 13.6. The average molecular weight is 735 g/mol. The van der Waals surface area contributed by atoms with Crippen LogP contribution in [0.1, 0.15) is 136 Å². The number of ether oxygens (including phenoxy) is 2. The molecule has 0 heterocycles. The number of unbranched alkanes of at least 4 members (excludes halogenated alkanes) is 9. The van der Waals surface area contributed by atoms with Crippen molar-refractivity contribution in [3.63, 3.8) is 0 Å². The number of phosphoric ester groups is 1. The lowest BCUT2D eigenvalue weighted by Gasteiger charge is -2.18. The Hall–Kier alpha value is -2.81. The molecule has 0 aliphatic rings. The predicted molar refractivity (Wildman–Crippen MR) is 208 cm³/mol. The molecule has 0 saturated carbocycles. The van der Waals surface area contributed by atoms with E-state index in [4.69, 9.17) is 19.3 Å². The smallest absolute Gasteiger partial charge is 0.462 e. The first kappa shape index (κ1) is 48.2. The van der Waals surface area contributed by atoms with E-state index in [1.165, 1.54) is 25.7 Å². The number of hydrogen-bond acceptors (Lipinski definition) is 7. The van der Waals surface area contributed by atoms with Gasteiger partial charge in [0, 0.05) is 12.8 Å². The topological polar surface area (TPSA) is 140 Å². The highest BCUT2D eigenvalue weighted by atomic mass is 31.2. The van der Waals surface area contributed by atoms with E-state index in [1.807, 2.05) is 12.2 Å². The summed E-state index contributed by atoms with van der Waals surface area (Å²) in [7, 11) is -4.81. The number of rotatable bonds is 33. The molecule has 10 heteroatoms. The van der Waals surface area contributed by atoms with E-state index in [9.17, 15) is 19.3 Å². The predicted octanol–water partition coefficient (Wildman–Crippen LogP) is 10.3. The highest BCUT2D eigenvalue weighted by Crippen LogP contribution is 2.36. The third kappa shape index (κ3) is 38.3. The van der Waals surface area contributed by atoms with Gasteiger partial charge in [0.2, 0.25) is 0 Å². The lowest BCUT2D eigenvalue weighted by molar-refractivity contribution is -0.161. The molecule has 0 fully saturated rings. The minimum absolute atomic E-state index is 0.0269. The van der Waals surface area contributed by atoms with Crippen LogP contribution in [0.15, 0.2) is 85.1 Å². The van der Waals surface area contributed by atoms with Crippen LogP contribution < -0.4 is 0 Å². The van der Waals surface area contributed by atoms with Crippen molar-refractivity contribution < 1.29 is 43.0 Å². The van der Waals surface area contributed by atoms with Crippen LogP contribution in [0.4, 0.5) is 0 Å². The summed E-state index contributed by atoms with van der Waals surface area (Å²) in [4.78, 5) is 42.7. The fourth-order valence-electron chi connectivity index (χ4n) is 4.68. The van der Waals surface area contributed by atoms with Crippen molar-refractivity contribution in [2.75, 3.05) is 13.2 Å². The second-order valence-electron chi connectivity index (χ2n) is 12.4. The number of hydrogen-bond donors (Lipinski definition) is 3. The maximum Gasteiger partial charge on any atom is 0.469 e. The van der Waals surface area contributed by atoms with E-state index < -0.39 is 38.6 Å². The molecule has 0 aromatic heterocycles. The molecule has 0 rings (SSSR count). The minimum atomic E-state index is -4.81. The van der Waals surface area contributed by atoms with Crippen LogP contribution in [0, 0.1) is 0 Å². The fraction of sp³-hybridized carbons (Fsp3) is 0.610. The molecular weight excluding hydrogens is 667 g/mol. The van der Waals surface area contributed by atoms with Gasteiger partial charge in [-0.2, -0.15) is 0 Å². The molecule has 0 aliphatic carbocycles. The summed E-state index contributed by atoms with van der Waals surface area (Å²) in [6.07, 6.45) is 43.3. The van der Waals surface area contributed by atoms with Crippen LogP contribution in [0.25, 0.3) is 0 Å². The molecular formula is C41H67O9P. The summed E-state index contributed by atoms with van der Waals surface area (Å²) in [5.41, 5.74) is 0. The van der Waals surface area contributed by atoms with Crippen LogP contribution >= 0.6 is 7.82 Å². The van der Waals surface area contributed by atoms with Crippen LogP contribution in [-0.4, -0.2) is 52.3 Å². The van der Waals surface area contributed by atoms with Crippen molar-refractivity contribution in [3.8, 4) is 0 Å². The number of esters is 2. The Kier molecular flexibility index (Phi) is 33.6. The molecule has 0 radical (unpaired) electrons. The largest absolute Gasteiger partial charge is 0.469 e. The summed E-state index contributed by atoms with van der Waals surface area (Å²) < 4.78 is 26.2. The van der Waals surface area contributed by atoms with Gasteiger partial charge in [0.05, 0.1) is 12.7 Å². The van der Waals surface area contributed by atoms with Crippen LogP contribution in [-0.2, 0) is 28.2 Å². The molecule has 0 amide bonds. The summed E-state index contributed by atoms with van der Waals surface area (Å²) in [6, 6.07) is 0. The number of carbonyl (C=O) groups excluding carboxylic acids is 2. The maximum absolute atomic E-state index is 12.4. The second kappa shape index (κ2) is 35.6. The zero-order chi connectivity index (χ0) is 37.7. The number of phosphoric acid groups is 1. The van der Waals surface area contributed by atoms with Crippen molar-refractivity contribution in [3.05, 3.63) is 85.1 Å². The first-order valence-electron chi connectivity index (χ1n) is 19.0. The van der Waals surface area contributed by atoms with Gasteiger partial charge in [-0.05, 0) is 70.6 Å². The summed E-state index contributed by atoms with van der Waals surface area (Å²) in [5, 5.41) is 10.2. The molecule has 0 spiro atoms. The molecule has 0 aliphatic heterocycles.